The zero-order valence-corrected chi connectivity index (χ0v) is 13.4. The maximum Gasteiger partial charge on any atom is 0.438 e. The smallest absolute Gasteiger partial charge is 0.438 e. The molecule has 1 unspecified atom stereocenters. The van der Waals surface area contributed by atoms with Crippen LogP contribution in [0.2, 0.25) is 0 Å². The lowest BCUT2D eigenvalue weighted by Crippen LogP contribution is -2.34. The SMILES string of the molecule is CCOC(=O)N(OC(C)C=Cc1ccccc1)c1ccccc1. The number of benzene rings is 2. The number of nitrogens with zero attached hydrogens (tertiary/aromatic N) is 1. The maximum absolute atomic E-state index is 12.1. The molecule has 0 aromatic heterocycles. The average Bonchev–Trinajstić information content (AvgIpc) is 2.59. The molecule has 0 aliphatic carbocycles. The summed E-state index contributed by atoms with van der Waals surface area (Å²) in [7, 11) is 0. The van der Waals surface area contributed by atoms with Gasteiger partial charge >= 0.3 is 6.09 Å². The van der Waals surface area contributed by atoms with E-state index in [9.17, 15) is 4.79 Å². The van der Waals surface area contributed by atoms with E-state index in [2.05, 4.69) is 0 Å². The lowest BCUT2D eigenvalue weighted by atomic mass is 10.2. The minimum atomic E-state index is -0.529. The quantitative estimate of drug-likeness (QED) is 0.727. The molecule has 1 amide bonds. The third kappa shape index (κ3) is 5.27. The second-order valence-electron chi connectivity index (χ2n) is 4.91. The third-order valence-electron chi connectivity index (χ3n) is 3.06. The summed E-state index contributed by atoms with van der Waals surface area (Å²) >= 11 is 0. The predicted octanol–water partition coefficient (Wildman–Crippen LogP) is 4.68. The molecule has 2 rings (SSSR count). The molecule has 0 radical (unpaired) electrons. The van der Waals surface area contributed by atoms with Gasteiger partial charge in [0, 0.05) is 0 Å². The first-order valence-electron chi connectivity index (χ1n) is 7.62. The Kier molecular flexibility index (Phi) is 6.39. The van der Waals surface area contributed by atoms with Crippen LogP contribution >= 0.6 is 0 Å². The van der Waals surface area contributed by atoms with E-state index in [1.54, 1.807) is 19.1 Å². The maximum atomic E-state index is 12.1. The number of rotatable bonds is 6. The average molecular weight is 311 g/mol. The Labute approximate surface area is 136 Å². The molecule has 4 nitrogen and oxygen atoms in total. The van der Waals surface area contributed by atoms with Gasteiger partial charge in [-0.05, 0) is 31.5 Å². The molecule has 0 N–H and O–H groups in total. The Balaban J connectivity index is 2.08. The fraction of sp³-hybridized carbons (Fsp3) is 0.211. The van der Waals surface area contributed by atoms with Crippen LogP contribution in [-0.4, -0.2) is 18.8 Å². The molecule has 23 heavy (non-hydrogen) atoms. The fourth-order valence-electron chi connectivity index (χ4n) is 1.97. The molecule has 0 aliphatic rings. The van der Waals surface area contributed by atoms with Gasteiger partial charge in [-0.2, -0.15) is 5.06 Å². The van der Waals surface area contributed by atoms with Gasteiger partial charge in [0.25, 0.3) is 0 Å². The van der Waals surface area contributed by atoms with Crippen LogP contribution in [0.1, 0.15) is 19.4 Å². The molecular weight excluding hydrogens is 290 g/mol. The van der Waals surface area contributed by atoms with Gasteiger partial charge in [0.2, 0.25) is 0 Å². The van der Waals surface area contributed by atoms with Crippen LogP contribution in [0, 0.1) is 0 Å². The van der Waals surface area contributed by atoms with Crippen molar-refractivity contribution in [1.82, 2.24) is 0 Å². The van der Waals surface area contributed by atoms with Crippen LogP contribution in [0.4, 0.5) is 10.5 Å². The van der Waals surface area contributed by atoms with E-state index < -0.39 is 6.09 Å². The highest BCUT2D eigenvalue weighted by Crippen LogP contribution is 2.17. The molecule has 0 fully saturated rings. The van der Waals surface area contributed by atoms with Crippen molar-refractivity contribution in [1.29, 1.82) is 0 Å². The number of ether oxygens (including phenoxy) is 1. The van der Waals surface area contributed by atoms with Crippen LogP contribution in [-0.2, 0) is 9.57 Å². The second kappa shape index (κ2) is 8.76. The highest BCUT2D eigenvalue weighted by molar-refractivity contribution is 5.85. The number of anilines is 1. The summed E-state index contributed by atoms with van der Waals surface area (Å²) < 4.78 is 5.06. The number of hydrogen-bond acceptors (Lipinski definition) is 3. The molecule has 0 bridgehead atoms. The van der Waals surface area contributed by atoms with E-state index in [0.717, 1.165) is 5.56 Å². The predicted molar refractivity (Wildman–Crippen MR) is 92.0 cm³/mol. The zero-order chi connectivity index (χ0) is 16.5. The molecule has 2 aromatic rings. The van der Waals surface area contributed by atoms with Gasteiger partial charge in [-0.15, -0.1) is 0 Å². The Morgan fingerprint density at radius 3 is 2.30 bits per heavy atom. The van der Waals surface area contributed by atoms with E-state index in [1.807, 2.05) is 67.6 Å². The van der Waals surface area contributed by atoms with Crippen molar-refractivity contribution >= 4 is 17.9 Å². The molecule has 0 saturated carbocycles. The lowest BCUT2D eigenvalue weighted by Gasteiger charge is -2.23. The first-order valence-corrected chi connectivity index (χ1v) is 7.62. The molecule has 0 aliphatic heterocycles. The molecule has 0 spiro atoms. The molecular formula is C19H21NO3. The van der Waals surface area contributed by atoms with Crippen molar-refractivity contribution in [2.45, 2.75) is 20.0 Å². The molecule has 120 valence electrons. The lowest BCUT2D eigenvalue weighted by molar-refractivity contribution is 0.0559. The largest absolute Gasteiger partial charge is 0.448 e. The Morgan fingerprint density at radius 2 is 1.70 bits per heavy atom. The van der Waals surface area contributed by atoms with E-state index >= 15 is 0 Å². The topological polar surface area (TPSA) is 38.8 Å². The van der Waals surface area contributed by atoms with Crippen molar-refractivity contribution in [3.05, 3.63) is 72.3 Å². The van der Waals surface area contributed by atoms with Crippen molar-refractivity contribution in [2.75, 3.05) is 11.7 Å². The zero-order valence-electron chi connectivity index (χ0n) is 13.4. The molecule has 4 heteroatoms. The second-order valence-corrected chi connectivity index (χ2v) is 4.91. The van der Waals surface area contributed by atoms with Gasteiger partial charge in [-0.1, -0.05) is 60.7 Å². The van der Waals surface area contributed by atoms with Gasteiger partial charge in [0.15, 0.2) is 0 Å². The fourth-order valence-corrected chi connectivity index (χ4v) is 1.97. The Bertz CT molecular complexity index is 626. The number of carbonyl (C=O) groups excluding carboxylic acids is 1. The molecule has 0 saturated heterocycles. The van der Waals surface area contributed by atoms with Gasteiger partial charge in [-0.25, -0.2) is 4.79 Å². The Morgan fingerprint density at radius 1 is 1.09 bits per heavy atom. The molecule has 2 aromatic carbocycles. The van der Waals surface area contributed by atoms with Gasteiger partial charge < -0.3 is 4.74 Å². The number of hydrogen-bond donors (Lipinski definition) is 0. The van der Waals surface area contributed by atoms with E-state index in [1.165, 1.54) is 5.06 Å². The summed E-state index contributed by atoms with van der Waals surface area (Å²) in [5.74, 6) is 0. The van der Waals surface area contributed by atoms with E-state index in [4.69, 9.17) is 9.57 Å². The number of amides is 1. The Hall–Kier alpha value is -2.59. The van der Waals surface area contributed by atoms with E-state index in [-0.39, 0.29) is 6.10 Å². The number of carbonyl (C=O) groups is 1. The number of para-hydroxylation sites is 1. The van der Waals surface area contributed by atoms with Gasteiger partial charge in [0.1, 0.15) is 6.10 Å². The van der Waals surface area contributed by atoms with Crippen LogP contribution in [0.15, 0.2) is 66.7 Å². The van der Waals surface area contributed by atoms with Crippen LogP contribution in [0.25, 0.3) is 6.08 Å². The molecule has 0 heterocycles. The van der Waals surface area contributed by atoms with Gasteiger partial charge in [-0.3, -0.25) is 4.84 Å². The first-order chi connectivity index (χ1) is 11.2. The van der Waals surface area contributed by atoms with E-state index in [0.29, 0.717) is 12.3 Å². The van der Waals surface area contributed by atoms with Crippen LogP contribution in [0.3, 0.4) is 0 Å². The van der Waals surface area contributed by atoms with Crippen molar-refractivity contribution in [3.63, 3.8) is 0 Å². The minimum absolute atomic E-state index is 0.291. The monoisotopic (exact) mass is 311 g/mol. The summed E-state index contributed by atoms with van der Waals surface area (Å²) in [5.41, 5.74) is 1.70. The first kappa shape index (κ1) is 16.8. The van der Waals surface area contributed by atoms with Crippen molar-refractivity contribution in [3.8, 4) is 0 Å². The van der Waals surface area contributed by atoms with Crippen molar-refractivity contribution in [2.24, 2.45) is 0 Å². The summed E-state index contributed by atoms with van der Waals surface area (Å²) in [6.45, 7) is 3.92. The number of hydroxylamine groups is 1. The van der Waals surface area contributed by atoms with Gasteiger partial charge in [0.05, 0.1) is 12.3 Å². The van der Waals surface area contributed by atoms with Crippen molar-refractivity contribution < 1.29 is 14.4 Å². The summed E-state index contributed by atoms with van der Waals surface area (Å²) in [6, 6.07) is 19.1. The standard InChI is InChI=1S/C19H21NO3/c1-3-22-19(21)20(18-12-8-5-9-13-18)23-16(2)14-15-17-10-6-4-7-11-17/h4-16H,3H2,1-2H3. The minimum Gasteiger partial charge on any atom is -0.448 e. The summed E-state index contributed by atoms with van der Waals surface area (Å²) in [6.07, 6.45) is 3.03. The highest BCUT2D eigenvalue weighted by atomic mass is 16.7. The molecule has 1 atom stereocenters. The van der Waals surface area contributed by atoms with Crippen LogP contribution < -0.4 is 5.06 Å². The normalized spacial score (nSPS) is 12.1. The third-order valence-corrected chi connectivity index (χ3v) is 3.06. The highest BCUT2D eigenvalue weighted by Gasteiger charge is 2.19. The summed E-state index contributed by atoms with van der Waals surface area (Å²) in [5, 5.41) is 1.18. The summed E-state index contributed by atoms with van der Waals surface area (Å²) in [4.78, 5) is 17.9. The van der Waals surface area contributed by atoms with Crippen LogP contribution in [0.5, 0.6) is 0 Å².